The van der Waals surface area contributed by atoms with Crippen LogP contribution < -0.4 is 10.6 Å². The van der Waals surface area contributed by atoms with Crippen LogP contribution in [0.15, 0.2) is 24.3 Å². The van der Waals surface area contributed by atoms with E-state index >= 15 is 0 Å². The van der Waals surface area contributed by atoms with Crippen molar-refractivity contribution in [1.82, 2.24) is 9.36 Å². The predicted octanol–water partition coefficient (Wildman–Crippen LogP) is 2.43. The van der Waals surface area contributed by atoms with Crippen molar-refractivity contribution < 1.29 is 9.53 Å². The van der Waals surface area contributed by atoms with Crippen molar-refractivity contribution in [2.24, 2.45) is 0 Å². The Kier molecular flexibility index (Phi) is 5.91. The molecule has 1 heterocycles. The second-order valence-electron chi connectivity index (χ2n) is 4.17. The number of methoxy groups -OCH3 is 1. The lowest BCUT2D eigenvalue weighted by Gasteiger charge is -2.05. The molecule has 0 unspecified atom stereocenters. The van der Waals surface area contributed by atoms with Gasteiger partial charge in [-0.1, -0.05) is 11.6 Å². The highest BCUT2D eigenvalue weighted by molar-refractivity contribution is 7.09. The van der Waals surface area contributed by atoms with Crippen molar-refractivity contribution in [2.75, 3.05) is 30.9 Å². The molecule has 112 valence electrons. The molecule has 0 radical (unpaired) electrons. The summed E-state index contributed by atoms with van der Waals surface area (Å²) in [6, 6.07) is 6.93. The number of benzene rings is 1. The molecule has 0 aliphatic carbocycles. The van der Waals surface area contributed by atoms with Crippen molar-refractivity contribution >= 4 is 39.9 Å². The lowest BCUT2D eigenvalue weighted by molar-refractivity contribution is -0.114. The molecule has 1 aromatic heterocycles. The van der Waals surface area contributed by atoms with E-state index in [4.69, 9.17) is 16.3 Å². The predicted molar refractivity (Wildman–Crippen MR) is 84.1 cm³/mol. The van der Waals surface area contributed by atoms with Crippen LogP contribution in [0, 0.1) is 0 Å². The summed E-state index contributed by atoms with van der Waals surface area (Å²) in [6.07, 6.45) is 0.658. The number of hydrogen-bond donors (Lipinski definition) is 2. The van der Waals surface area contributed by atoms with Gasteiger partial charge in [-0.3, -0.25) is 4.79 Å². The summed E-state index contributed by atoms with van der Waals surface area (Å²) in [5, 5.41) is 6.94. The fraction of sp³-hybridized carbons (Fsp3) is 0.308. The summed E-state index contributed by atoms with van der Waals surface area (Å²) in [6.45, 7) is 0.703. The molecule has 6 nitrogen and oxygen atoms in total. The van der Waals surface area contributed by atoms with Crippen molar-refractivity contribution in [1.29, 1.82) is 0 Å². The number of amides is 1. The summed E-state index contributed by atoms with van der Waals surface area (Å²) in [5.74, 6) is 0.549. The quantitative estimate of drug-likeness (QED) is 0.817. The highest BCUT2D eigenvalue weighted by Crippen LogP contribution is 2.14. The van der Waals surface area contributed by atoms with Crippen molar-refractivity contribution in [3.63, 3.8) is 0 Å². The molecule has 2 N–H and O–H groups in total. The SMILES string of the molecule is COCCc1nsc(NCC(=O)Nc2ccc(Cl)cc2)n1. The summed E-state index contributed by atoms with van der Waals surface area (Å²) in [4.78, 5) is 16.0. The number of halogens is 1. The van der Waals surface area contributed by atoms with Gasteiger partial charge >= 0.3 is 0 Å². The molecule has 1 amide bonds. The minimum Gasteiger partial charge on any atom is -0.384 e. The number of hydrogen-bond acceptors (Lipinski definition) is 6. The zero-order valence-electron chi connectivity index (χ0n) is 11.4. The molecule has 0 fully saturated rings. The van der Waals surface area contributed by atoms with Gasteiger partial charge in [-0.25, -0.2) is 4.98 Å². The van der Waals surface area contributed by atoms with E-state index in [1.165, 1.54) is 11.5 Å². The van der Waals surface area contributed by atoms with Crippen LogP contribution in [0.5, 0.6) is 0 Å². The van der Waals surface area contributed by atoms with Crippen LogP contribution in [0.4, 0.5) is 10.8 Å². The number of aromatic nitrogens is 2. The third-order valence-corrected chi connectivity index (χ3v) is 3.49. The zero-order valence-corrected chi connectivity index (χ0v) is 13.0. The molecule has 0 bridgehead atoms. The van der Waals surface area contributed by atoms with Crippen molar-refractivity contribution in [3.8, 4) is 0 Å². The Labute approximate surface area is 131 Å². The van der Waals surface area contributed by atoms with E-state index in [0.29, 0.717) is 34.7 Å². The fourth-order valence-electron chi connectivity index (χ4n) is 1.51. The Morgan fingerprint density at radius 1 is 1.38 bits per heavy atom. The number of nitrogens with one attached hydrogen (secondary N) is 2. The molecule has 0 aliphatic rings. The van der Waals surface area contributed by atoms with Gasteiger partial charge in [0, 0.05) is 35.8 Å². The first-order chi connectivity index (χ1) is 10.2. The summed E-state index contributed by atoms with van der Waals surface area (Å²) < 4.78 is 9.13. The normalized spacial score (nSPS) is 10.4. The maximum absolute atomic E-state index is 11.8. The zero-order chi connectivity index (χ0) is 15.1. The van der Waals surface area contributed by atoms with Gasteiger partial charge in [0.25, 0.3) is 0 Å². The van der Waals surface area contributed by atoms with Crippen LogP contribution in [0.1, 0.15) is 5.82 Å². The van der Waals surface area contributed by atoms with Crippen LogP contribution in [-0.4, -0.2) is 35.5 Å². The topological polar surface area (TPSA) is 76.1 Å². The average Bonchev–Trinajstić information content (AvgIpc) is 2.93. The van der Waals surface area contributed by atoms with Gasteiger partial charge in [-0.2, -0.15) is 4.37 Å². The Morgan fingerprint density at radius 3 is 2.86 bits per heavy atom. The van der Waals surface area contributed by atoms with Crippen molar-refractivity contribution in [3.05, 3.63) is 35.1 Å². The lowest BCUT2D eigenvalue weighted by Crippen LogP contribution is -2.21. The molecular weight excluding hydrogens is 312 g/mol. The first-order valence-corrected chi connectivity index (χ1v) is 7.43. The minimum atomic E-state index is -0.161. The first-order valence-electron chi connectivity index (χ1n) is 6.28. The second kappa shape index (κ2) is 7.92. The monoisotopic (exact) mass is 326 g/mol. The highest BCUT2D eigenvalue weighted by atomic mass is 35.5. The number of rotatable bonds is 7. The van der Waals surface area contributed by atoms with E-state index in [1.807, 2.05) is 0 Å². The molecule has 0 saturated heterocycles. The van der Waals surface area contributed by atoms with Crippen LogP contribution in [-0.2, 0) is 16.0 Å². The van der Waals surface area contributed by atoms with E-state index < -0.39 is 0 Å². The van der Waals surface area contributed by atoms with Gasteiger partial charge in [0.05, 0.1) is 13.2 Å². The van der Waals surface area contributed by atoms with E-state index in [9.17, 15) is 4.79 Å². The minimum absolute atomic E-state index is 0.127. The van der Waals surface area contributed by atoms with Gasteiger partial charge in [0.15, 0.2) is 0 Å². The number of carbonyl (C=O) groups excluding carboxylic acids is 1. The van der Waals surface area contributed by atoms with Gasteiger partial charge in [0.2, 0.25) is 11.0 Å². The molecule has 0 saturated carbocycles. The van der Waals surface area contributed by atoms with Gasteiger partial charge in [0.1, 0.15) is 5.82 Å². The Balaban J connectivity index is 1.78. The van der Waals surface area contributed by atoms with E-state index in [-0.39, 0.29) is 12.5 Å². The summed E-state index contributed by atoms with van der Waals surface area (Å²) in [5.41, 5.74) is 0.698. The lowest BCUT2D eigenvalue weighted by atomic mass is 10.3. The smallest absolute Gasteiger partial charge is 0.243 e. The van der Waals surface area contributed by atoms with Crippen LogP contribution >= 0.6 is 23.1 Å². The van der Waals surface area contributed by atoms with E-state index in [2.05, 4.69) is 20.0 Å². The summed E-state index contributed by atoms with van der Waals surface area (Å²) in [7, 11) is 1.63. The fourth-order valence-corrected chi connectivity index (χ4v) is 2.25. The third kappa shape index (κ3) is 5.30. The van der Waals surface area contributed by atoms with Crippen LogP contribution in [0.2, 0.25) is 5.02 Å². The average molecular weight is 327 g/mol. The largest absolute Gasteiger partial charge is 0.384 e. The van der Waals surface area contributed by atoms with Gasteiger partial charge in [-0.05, 0) is 24.3 Å². The first kappa shape index (κ1) is 15.7. The number of ether oxygens (including phenoxy) is 1. The molecule has 2 rings (SSSR count). The van der Waals surface area contributed by atoms with Crippen LogP contribution in [0.3, 0.4) is 0 Å². The Morgan fingerprint density at radius 2 is 2.14 bits per heavy atom. The third-order valence-electron chi connectivity index (χ3n) is 2.53. The molecular formula is C13H15ClN4O2S. The molecule has 0 aliphatic heterocycles. The molecule has 8 heteroatoms. The maximum atomic E-state index is 11.8. The molecule has 21 heavy (non-hydrogen) atoms. The molecule has 1 aromatic carbocycles. The number of nitrogens with zero attached hydrogens (tertiary/aromatic N) is 2. The molecule has 0 atom stereocenters. The number of carbonyl (C=O) groups is 1. The van der Waals surface area contributed by atoms with Gasteiger partial charge in [-0.15, -0.1) is 0 Å². The molecule has 2 aromatic rings. The highest BCUT2D eigenvalue weighted by Gasteiger charge is 2.06. The van der Waals surface area contributed by atoms with E-state index in [0.717, 1.165) is 0 Å². The van der Waals surface area contributed by atoms with Gasteiger partial charge < -0.3 is 15.4 Å². The second-order valence-corrected chi connectivity index (χ2v) is 5.36. The standard InChI is InChI=1S/C13H15ClN4O2S/c1-20-7-6-11-17-13(21-18-11)15-8-12(19)16-10-4-2-9(14)3-5-10/h2-5H,6-8H2,1H3,(H,16,19)(H,15,17,18). The Bertz CT molecular complexity index is 588. The summed E-state index contributed by atoms with van der Waals surface area (Å²) >= 11 is 7.01. The van der Waals surface area contributed by atoms with Crippen molar-refractivity contribution in [2.45, 2.75) is 6.42 Å². The molecule has 0 spiro atoms. The maximum Gasteiger partial charge on any atom is 0.243 e. The number of anilines is 2. The Hall–Kier alpha value is -1.70. The van der Waals surface area contributed by atoms with E-state index in [1.54, 1.807) is 31.4 Å². The van der Waals surface area contributed by atoms with Crippen LogP contribution in [0.25, 0.3) is 0 Å².